The number of non-ortho nitro benzene ring substituents is 1. The predicted octanol–water partition coefficient (Wildman–Crippen LogP) is 16.1. The summed E-state index contributed by atoms with van der Waals surface area (Å²) in [6.45, 7) is 15.2. The van der Waals surface area contributed by atoms with Crippen molar-refractivity contribution in [2.24, 2.45) is 11.8 Å². The van der Waals surface area contributed by atoms with E-state index in [1.54, 1.807) is 13.0 Å². The van der Waals surface area contributed by atoms with Crippen molar-refractivity contribution in [1.82, 2.24) is 0 Å². The van der Waals surface area contributed by atoms with Crippen LogP contribution >= 0.6 is 0 Å². The van der Waals surface area contributed by atoms with Crippen molar-refractivity contribution in [2.75, 3.05) is 38.3 Å². The summed E-state index contributed by atoms with van der Waals surface area (Å²) in [7, 11) is 0. The van der Waals surface area contributed by atoms with Crippen molar-refractivity contribution in [2.45, 2.75) is 64.7 Å². The molecule has 2 fully saturated rings. The number of rotatable bonds is 7. The van der Waals surface area contributed by atoms with Gasteiger partial charge in [0.25, 0.3) is 5.69 Å². The fourth-order valence-electron chi connectivity index (χ4n) is 8.26. The molecule has 0 aromatic heterocycles. The molecule has 2 aliphatic carbocycles. The van der Waals surface area contributed by atoms with Crippen molar-refractivity contribution >= 4 is 23.3 Å². The van der Waals surface area contributed by atoms with Crippen LogP contribution in [0, 0.1) is 22.0 Å². The van der Waals surface area contributed by atoms with Gasteiger partial charge in [0, 0.05) is 304 Å². The molecule has 2 spiro atoms. The van der Waals surface area contributed by atoms with E-state index in [1.165, 1.54) is 17.7 Å². The molecule has 0 amide bonds. The van der Waals surface area contributed by atoms with Gasteiger partial charge < -0.3 is 24.3 Å². The Morgan fingerprint density at radius 3 is 0.840 bits per heavy atom. The number of anilines is 1. The number of carbonyl (C=O) groups is 2. The van der Waals surface area contributed by atoms with Gasteiger partial charge in [-0.2, -0.15) is 0 Å². The second-order valence-corrected chi connectivity index (χ2v) is 18.7. The molecule has 4 unspecified atom stereocenters. The first kappa shape index (κ1) is 82.3. The molecule has 0 saturated heterocycles. The number of nitrogens with zero attached hydrogens (tertiary/aromatic N) is 1. The van der Waals surface area contributed by atoms with Gasteiger partial charge in [-0.25, -0.2) is 0 Å². The minimum atomic E-state index is -0.426. The number of hydrogen-bond acceptors (Lipinski definition) is 9. The molecule has 4 atom stereocenters. The molecular weight excluding hydrogens is 1310 g/mol. The number of hydrogen-bond donors (Lipinski definition) is 1. The van der Waals surface area contributed by atoms with E-state index < -0.39 is 4.92 Å². The van der Waals surface area contributed by atoms with Gasteiger partial charge in [-0.3, -0.25) is 19.7 Å². The molecule has 2 saturated carbocycles. The third kappa shape index (κ3) is 34.1. The van der Waals surface area contributed by atoms with E-state index in [4.69, 9.17) is 18.9 Å². The van der Waals surface area contributed by atoms with Crippen LogP contribution in [-0.2, 0) is 29.9 Å². The number of esters is 2. The normalized spacial score (nSPS) is 12.4. The maximum Gasteiger partial charge on any atom is 0.309 e. The Morgan fingerprint density at radius 2 is 0.623 bits per heavy atom. The SMILES string of the molecule is C.C=C=C=C=C=C=C=C=C=C=C=C=C=C=C=C=C=C=C=C=C=C=C=C=C=C=C=C=C=C=C=C=C=C=C=C=C=C=C=C=C=C=C=C=C=C=C=C=C=C=C=C=C=C=C=C=C=C=C=C=C=C=C=C=C.CCNc1ccc2c(c1)C1(CCO2)CC1C(=O)OCC.CCOC(=O)C1CC12CCOc1ccc([N+](=O)[O-])cc12. The zero-order chi connectivity index (χ0) is 75.0. The third-order valence-corrected chi connectivity index (χ3v) is 12.4. The molecule has 486 valence electrons. The zero-order valence-corrected chi connectivity index (χ0v) is 56.1. The van der Waals surface area contributed by atoms with Gasteiger partial charge in [0.15, 0.2) is 0 Å². The van der Waals surface area contributed by atoms with Crippen LogP contribution in [0.2, 0.25) is 0 Å². The highest BCUT2D eigenvalue weighted by molar-refractivity contribution is 5.81. The van der Waals surface area contributed by atoms with E-state index in [0.29, 0.717) is 45.0 Å². The molecule has 106 heavy (non-hydrogen) atoms. The van der Waals surface area contributed by atoms with Gasteiger partial charge in [0.2, 0.25) is 0 Å². The Labute approximate surface area is 611 Å². The van der Waals surface area contributed by atoms with Gasteiger partial charge in [-0.15, -0.1) is 0 Å². The molecule has 4 aliphatic rings. The first-order valence-electron chi connectivity index (χ1n) is 30.3. The summed E-state index contributed by atoms with van der Waals surface area (Å²) in [4.78, 5) is 34.4. The summed E-state index contributed by atoms with van der Waals surface area (Å²) in [5.74, 6) is 1.09. The van der Waals surface area contributed by atoms with Crippen LogP contribution in [0.15, 0.2) is 411 Å². The van der Waals surface area contributed by atoms with Crippen molar-refractivity contribution in [3.8, 4) is 11.5 Å². The van der Waals surface area contributed by atoms with Gasteiger partial charge in [-0.05, 0) is 176 Å². The second-order valence-electron chi connectivity index (χ2n) is 18.7. The van der Waals surface area contributed by atoms with Crippen molar-refractivity contribution in [1.29, 1.82) is 0 Å². The van der Waals surface area contributed by atoms with Gasteiger partial charge >= 0.3 is 11.9 Å². The molecular formula is C96H44N2O8. The standard InChI is InChI=1S/C65H4.C16H21NO3.C14H15NO5.CH4/c1-3-5-7-9-11-13-15-17-19-21-23-25-27-29-31-33-35-37-39-41-43-45-47-49-51-53-55-57-59-61-63-65-64-62-60-58-56-54-52-50-48-46-44-42-40-38-36-34-32-30-28-26-24-22-20-18-16-14-12-10-8-6-4-2;1-3-17-11-5-6-14-12(9-11)16(7-8-20-14)10-13(16)15(18)19-4-2;1-2-19-13(16)11-8-14(11)5-6-20-12-4-3-9(15(17)18)7-10(12)14;/h1-2H2;5-6,9,13,17H,3-4,7-8,10H2,1-2H3;3-4,7,11H,2,5-6,8H2,1H3;1H4. The van der Waals surface area contributed by atoms with Crippen molar-refractivity contribution in [3.05, 3.63) is 432 Å². The summed E-state index contributed by atoms with van der Waals surface area (Å²) in [6, 6.07) is 10.8. The van der Waals surface area contributed by atoms with Crippen LogP contribution in [0.5, 0.6) is 11.5 Å². The summed E-state index contributed by atoms with van der Waals surface area (Å²) < 4.78 is 21.6. The Bertz CT molecular complexity index is 6420. The summed E-state index contributed by atoms with van der Waals surface area (Å²) in [5.41, 5.74) is 160. The van der Waals surface area contributed by atoms with Gasteiger partial charge in [-0.1, -0.05) is 18.9 Å². The lowest BCUT2D eigenvalue weighted by Crippen LogP contribution is -2.25. The molecule has 1 N–H and O–H groups in total. The van der Waals surface area contributed by atoms with E-state index >= 15 is 0 Å². The van der Waals surface area contributed by atoms with Crippen LogP contribution in [0.4, 0.5) is 11.4 Å². The Balaban J connectivity index is 0.000000560. The highest BCUT2D eigenvalue weighted by atomic mass is 16.6. The van der Waals surface area contributed by atoms with Crippen LogP contribution in [0.25, 0.3) is 0 Å². The minimum Gasteiger partial charge on any atom is -0.493 e. The number of fused-ring (bicyclic) bond motifs is 4. The maximum absolute atomic E-state index is 12.0. The molecule has 6 rings (SSSR count). The molecule has 0 radical (unpaired) electrons. The lowest BCUT2D eigenvalue weighted by atomic mass is 9.87. The minimum absolute atomic E-state index is 0. The topological polar surface area (TPSA) is 126 Å². The average molecular weight is 1350 g/mol. The lowest BCUT2D eigenvalue weighted by molar-refractivity contribution is -0.385. The van der Waals surface area contributed by atoms with Crippen LogP contribution in [-0.4, -0.2) is 49.8 Å². The number of benzene rings is 2. The summed E-state index contributed by atoms with van der Waals surface area (Å²) in [5, 5.41) is 14.2. The quantitative estimate of drug-likeness (QED) is 0.125. The monoisotopic (exact) mass is 1350 g/mol. The number of nitro benzene ring substituents is 1. The van der Waals surface area contributed by atoms with E-state index in [2.05, 4.69) is 393 Å². The number of nitrogens with one attached hydrogen (secondary N) is 1. The van der Waals surface area contributed by atoms with E-state index in [1.807, 2.05) is 19.1 Å². The molecule has 2 aliphatic heterocycles. The highest BCUT2D eigenvalue weighted by Gasteiger charge is 2.63. The summed E-state index contributed by atoms with van der Waals surface area (Å²) in [6.07, 6.45) is 3.17. The molecule has 10 nitrogen and oxygen atoms in total. The number of ether oxygens (including phenoxy) is 4. The largest absolute Gasteiger partial charge is 0.493 e. The van der Waals surface area contributed by atoms with Gasteiger partial charge in [0.1, 0.15) is 11.5 Å². The zero-order valence-electron chi connectivity index (χ0n) is 56.1. The molecule has 2 aromatic carbocycles. The first-order valence-corrected chi connectivity index (χ1v) is 30.3. The predicted molar refractivity (Wildman–Crippen MR) is 386 cm³/mol. The van der Waals surface area contributed by atoms with Crippen molar-refractivity contribution in [3.63, 3.8) is 0 Å². The van der Waals surface area contributed by atoms with Crippen LogP contribution in [0.3, 0.4) is 0 Å². The number of carbonyl (C=O) groups excluding carboxylic acids is 2. The molecule has 0 bridgehead atoms. The lowest BCUT2D eigenvalue weighted by Gasteiger charge is -2.27. The average Bonchev–Trinajstić information content (AvgIpc) is 1.56. The Hall–Kier alpha value is -17.9. The molecule has 2 heterocycles. The second kappa shape index (κ2) is 53.2. The molecule has 10 heteroatoms. The third-order valence-electron chi connectivity index (χ3n) is 12.4. The Kier molecular flexibility index (Phi) is 41.3. The summed E-state index contributed by atoms with van der Waals surface area (Å²) >= 11 is 0. The fraction of sp³-hybridized carbons (Fsp3) is 0.177. The highest BCUT2D eigenvalue weighted by Crippen LogP contribution is 2.62. The Morgan fingerprint density at radius 1 is 0.396 bits per heavy atom. The molecule has 2 aromatic rings. The smallest absolute Gasteiger partial charge is 0.309 e. The van der Waals surface area contributed by atoms with E-state index in [0.717, 1.165) is 36.4 Å². The maximum atomic E-state index is 12.0. The van der Waals surface area contributed by atoms with Gasteiger partial charge in [0.05, 0.1) is 43.2 Å². The fourth-order valence-corrected chi connectivity index (χ4v) is 8.26. The van der Waals surface area contributed by atoms with E-state index in [-0.39, 0.29) is 47.7 Å². The van der Waals surface area contributed by atoms with E-state index in [9.17, 15) is 19.7 Å². The number of nitro groups is 1. The first-order chi connectivity index (χ1) is 51.7. The van der Waals surface area contributed by atoms with Crippen molar-refractivity contribution < 1.29 is 33.5 Å². The van der Waals surface area contributed by atoms with Crippen LogP contribution < -0.4 is 14.8 Å². The van der Waals surface area contributed by atoms with Crippen LogP contribution in [0.1, 0.15) is 65.0 Å².